The minimum atomic E-state index is -3.41. The van der Waals surface area contributed by atoms with Crippen LogP contribution < -0.4 is 14.9 Å². The Kier molecular flexibility index (Phi) is 9.66. The number of rotatable bonds is 6. The molecule has 2 aromatic rings. The summed E-state index contributed by atoms with van der Waals surface area (Å²) in [6.45, 7) is 2.26. The highest BCUT2D eigenvalue weighted by Crippen LogP contribution is 2.48. The lowest BCUT2D eigenvalue weighted by atomic mass is 9.73. The molecular weight excluding hydrogens is 607 g/mol. The topological polar surface area (TPSA) is 98.8 Å². The van der Waals surface area contributed by atoms with Crippen molar-refractivity contribution in [2.45, 2.75) is 68.9 Å². The Balaban J connectivity index is 0.00000368. The second kappa shape index (κ2) is 13.0. The molecule has 234 valence electrons. The molecular formula is C32H42Cl2N4O4S. The summed E-state index contributed by atoms with van der Waals surface area (Å²) in [7, 11) is -3.41. The number of para-hydroxylation sites is 1. The van der Waals surface area contributed by atoms with Gasteiger partial charge in [-0.05, 0) is 73.4 Å². The first-order valence-electron chi connectivity index (χ1n) is 15.3. The fourth-order valence-corrected chi connectivity index (χ4v) is 8.88. The van der Waals surface area contributed by atoms with Crippen molar-refractivity contribution < 1.29 is 18.0 Å². The number of benzene rings is 2. The van der Waals surface area contributed by atoms with E-state index in [0.29, 0.717) is 55.8 Å². The van der Waals surface area contributed by atoms with Crippen molar-refractivity contribution in [1.29, 1.82) is 0 Å². The first-order chi connectivity index (χ1) is 20.1. The average molecular weight is 650 g/mol. The molecule has 0 aromatic heterocycles. The standard InChI is InChI=1S/C32H41ClN4O4S.ClH/c1-42(40,41)37-21-32(26-8-4-5-9-29(26)37)14-16-36(17-15-32)31(39)28(18-22-10-12-25(33)13-11-22)35-30(38)27-19-23-6-2-3-7-24(23)20-34-27;/h4-5,8-13,23-24,27-28,34H,2-3,6-7,14-21H2,1H3,(H,35,38);1H/t23?,24?,27?,28-;/m1./s1. The molecule has 4 atom stereocenters. The molecule has 3 fully saturated rings. The second-order valence-corrected chi connectivity index (χ2v) is 15.1. The molecule has 0 bridgehead atoms. The molecule has 11 heteroatoms. The van der Waals surface area contributed by atoms with Crippen LogP contribution in [0.25, 0.3) is 0 Å². The van der Waals surface area contributed by atoms with Crippen LogP contribution in [0.3, 0.4) is 0 Å². The fourth-order valence-electron chi connectivity index (χ4n) is 7.76. The number of fused-ring (bicyclic) bond motifs is 3. The van der Waals surface area contributed by atoms with E-state index in [1.165, 1.54) is 36.2 Å². The van der Waals surface area contributed by atoms with Gasteiger partial charge in [0.25, 0.3) is 0 Å². The Morgan fingerprint density at radius 1 is 1.05 bits per heavy atom. The van der Waals surface area contributed by atoms with Gasteiger partial charge in [0.2, 0.25) is 21.8 Å². The largest absolute Gasteiger partial charge is 0.343 e. The fraction of sp³-hybridized carbons (Fsp3) is 0.562. The number of sulfonamides is 1. The third-order valence-corrected chi connectivity index (χ3v) is 11.5. The van der Waals surface area contributed by atoms with E-state index >= 15 is 0 Å². The predicted octanol–water partition coefficient (Wildman–Crippen LogP) is 4.30. The van der Waals surface area contributed by atoms with Gasteiger partial charge >= 0.3 is 0 Å². The minimum Gasteiger partial charge on any atom is -0.343 e. The number of halogens is 2. The molecule has 6 rings (SSSR count). The van der Waals surface area contributed by atoms with Crippen molar-refractivity contribution >= 4 is 51.5 Å². The van der Waals surface area contributed by atoms with Crippen LogP contribution in [0.15, 0.2) is 48.5 Å². The number of nitrogens with one attached hydrogen (secondary N) is 2. The molecule has 1 aliphatic carbocycles. The van der Waals surface area contributed by atoms with Gasteiger partial charge in [0.1, 0.15) is 6.04 Å². The first-order valence-corrected chi connectivity index (χ1v) is 17.5. The third-order valence-electron chi connectivity index (χ3n) is 10.1. The summed E-state index contributed by atoms with van der Waals surface area (Å²) in [5.74, 6) is 1.02. The van der Waals surface area contributed by atoms with Gasteiger partial charge in [0.05, 0.1) is 18.0 Å². The van der Waals surface area contributed by atoms with Gasteiger partial charge in [0.15, 0.2) is 0 Å². The number of likely N-dealkylation sites (tertiary alicyclic amines) is 1. The van der Waals surface area contributed by atoms with Gasteiger partial charge in [-0.15, -0.1) is 12.4 Å². The van der Waals surface area contributed by atoms with Crippen LogP contribution in [0.2, 0.25) is 5.02 Å². The van der Waals surface area contributed by atoms with Crippen LogP contribution >= 0.6 is 24.0 Å². The van der Waals surface area contributed by atoms with E-state index < -0.39 is 16.1 Å². The number of carbonyl (C=O) groups is 2. The zero-order valence-corrected chi connectivity index (χ0v) is 27.0. The predicted molar refractivity (Wildman–Crippen MR) is 172 cm³/mol. The minimum absolute atomic E-state index is 0. The molecule has 1 saturated carbocycles. The Hall–Kier alpha value is -2.33. The first kappa shape index (κ1) is 32.1. The zero-order valence-electron chi connectivity index (χ0n) is 24.6. The molecule has 2 aromatic carbocycles. The van der Waals surface area contributed by atoms with Gasteiger partial charge in [0, 0.05) is 36.5 Å². The number of nitrogens with zero attached hydrogens (tertiary/aromatic N) is 2. The van der Waals surface area contributed by atoms with Crippen LogP contribution in [0.1, 0.15) is 56.1 Å². The summed E-state index contributed by atoms with van der Waals surface area (Å²) in [4.78, 5) is 29.5. The highest BCUT2D eigenvalue weighted by Gasteiger charge is 2.48. The molecule has 2 amide bonds. The molecule has 3 heterocycles. The average Bonchev–Trinajstić information content (AvgIpc) is 3.32. The monoisotopic (exact) mass is 648 g/mol. The van der Waals surface area contributed by atoms with E-state index in [1.54, 1.807) is 0 Å². The second-order valence-electron chi connectivity index (χ2n) is 12.8. The maximum Gasteiger partial charge on any atom is 0.245 e. The maximum absolute atomic E-state index is 14.0. The summed E-state index contributed by atoms with van der Waals surface area (Å²) in [5.41, 5.74) is 2.39. The lowest BCUT2D eigenvalue weighted by molar-refractivity contribution is -0.138. The van der Waals surface area contributed by atoms with Crippen LogP contribution in [0.5, 0.6) is 0 Å². The molecule has 8 nitrogen and oxygen atoms in total. The molecule has 1 spiro atoms. The van der Waals surface area contributed by atoms with Crippen LogP contribution in [-0.4, -0.2) is 69.7 Å². The van der Waals surface area contributed by atoms with Crippen molar-refractivity contribution in [3.8, 4) is 0 Å². The lowest BCUT2D eigenvalue weighted by Gasteiger charge is -2.41. The smallest absolute Gasteiger partial charge is 0.245 e. The Bertz CT molecular complexity index is 1430. The lowest BCUT2D eigenvalue weighted by Crippen LogP contribution is -2.58. The molecule has 43 heavy (non-hydrogen) atoms. The number of piperidine rings is 2. The van der Waals surface area contributed by atoms with E-state index in [4.69, 9.17) is 11.6 Å². The third kappa shape index (κ3) is 6.70. The Morgan fingerprint density at radius 2 is 1.72 bits per heavy atom. The maximum atomic E-state index is 14.0. The molecule has 2 N–H and O–H groups in total. The van der Waals surface area contributed by atoms with Crippen LogP contribution in [-0.2, 0) is 31.4 Å². The van der Waals surface area contributed by atoms with Gasteiger partial charge in [-0.25, -0.2) is 8.42 Å². The summed E-state index contributed by atoms with van der Waals surface area (Å²) < 4.78 is 26.7. The molecule has 4 aliphatic rings. The van der Waals surface area contributed by atoms with E-state index in [-0.39, 0.29) is 35.7 Å². The summed E-state index contributed by atoms with van der Waals surface area (Å²) >= 11 is 6.11. The molecule has 3 unspecified atom stereocenters. The van der Waals surface area contributed by atoms with Crippen molar-refractivity contribution in [3.63, 3.8) is 0 Å². The van der Waals surface area contributed by atoms with Gasteiger partial charge in [-0.1, -0.05) is 61.2 Å². The number of anilines is 1. The van der Waals surface area contributed by atoms with E-state index in [2.05, 4.69) is 10.6 Å². The number of hydrogen-bond acceptors (Lipinski definition) is 5. The highest BCUT2D eigenvalue weighted by atomic mass is 35.5. The van der Waals surface area contributed by atoms with Crippen molar-refractivity contribution in [1.82, 2.24) is 15.5 Å². The van der Waals surface area contributed by atoms with Crippen molar-refractivity contribution in [2.75, 3.05) is 36.7 Å². The molecule has 2 saturated heterocycles. The Morgan fingerprint density at radius 3 is 2.42 bits per heavy atom. The number of carbonyl (C=O) groups excluding carboxylic acids is 2. The van der Waals surface area contributed by atoms with Crippen LogP contribution in [0.4, 0.5) is 5.69 Å². The molecule has 0 radical (unpaired) electrons. The quantitative estimate of drug-likeness (QED) is 0.487. The van der Waals surface area contributed by atoms with Gasteiger partial charge < -0.3 is 15.5 Å². The van der Waals surface area contributed by atoms with E-state index in [1.807, 2.05) is 53.4 Å². The van der Waals surface area contributed by atoms with Crippen LogP contribution in [0, 0.1) is 11.8 Å². The van der Waals surface area contributed by atoms with Crippen molar-refractivity contribution in [2.24, 2.45) is 11.8 Å². The number of hydrogen-bond donors (Lipinski definition) is 2. The summed E-state index contributed by atoms with van der Waals surface area (Å²) in [5, 5.41) is 7.22. The van der Waals surface area contributed by atoms with E-state index in [9.17, 15) is 18.0 Å². The number of amides is 2. The van der Waals surface area contributed by atoms with Crippen molar-refractivity contribution in [3.05, 3.63) is 64.7 Å². The molecule has 3 aliphatic heterocycles. The Labute approximate surface area is 266 Å². The van der Waals surface area contributed by atoms with Gasteiger partial charge in [-0.2, -0.15) is 0 Å². The van der Waals surface area contributed by atoms with E-state index in [0.717, 1.165) is 29.8 Å². The highest BCUT2D eigenvalue weighted by molar-refractivity contribution is 7.92. The SMILES string of the molecule is CS(=O)(=O)N1CC2(CCN(C(=O)[C@@H](Cc3ccc(Cl)cc3)NC(=O)C3CC4CCCCC4CN3)CC2)c2ccccc21.Cl. The summed E-state index contributed by atoms with van der Waals surface area (Å²) in [6.07, 6.45) is 8.69. The van der Waals surface area contributed by atoms with Gasteiger partial charge in [-0.3, -0.25) is 13.9 Å². The zero-order chi connectivity index (χ0) is 29.5. The normalized spacial score (nSPS) is 25.3. The summed E-state index contributed by atoms with van der Waals surface area (Å²) in [6, 6.07) is 14.2.